The third-order valence-corrected chi connectivity index (χ3v) is 3.58. The molecular weight excluding hydrogens is 260 g/mol. The lowest BCUT2D eigenvalue weighted by atomic mass is 9.98. The van der Waals surface area contributed by atoms with Gasteiger partial charge < -0.3 is 15.0 Å². The average molecular weight is 284 g/mol. The Balaban J connectivity index is 2.35. The van der Waals surface area contributed by atoms with E-state index in [-0.39, 0.29) is 6.04 Å². The summed E-state index contributed by atoms with van der Waals surface area (Å²) in [5.74, 6) is 0.885. The number of nitrogens with zero attached hydrogens (tertiary/aromatic N) is 1. The minimum atomic E-state index is 0.195. The molecule has 2 aromatic rings. The maximum Gasteiger partial charge on any atom is 0.118 e. The molecule has 0 radical (unpaired) electrons. The van der Waals surface area contributed by atoms with Crippen molar-refractivity contribution >= 4 is 5.69 Å². The van der Waals surface area contributed by atoms with Crippen molar-refractivity contribution in [2.75, 3.05) is 32.6 Å². The lowest BCUT2D eigenvalue weighted by Crippen LogP contribution is -2.22. The highest BCUT2D eigenvalue weighted by Gasteiger charge is 2.13. The highest BCUT2D eigenvalue weighted by atomic mass is 16.5. The number of anilines is 1. The van der Waals surface area contributed by atoms with Crippen LogP contribution in [0.2, 0.25) is 0 Å². The van der Waals surface area contributed by atoms with Gasteiger partial charge in [0, 0.05) is 19.8 Å². The maximum atomic E-state index is 5.24. The van der Waals surface area contributed by atoms with Crippen LogP contribution in [0.25, 0.3) is 0 Å². The maximum absolute atomic E-state index is 5.24. The van der Waals surface area contributed by atoms with Gasteiger partial charge in [-0.05, 0) is 41.9 Å². The van der Waals surface area contributed by atoms with Crippen molar-refractivity contribution in [1.29, 1.82) is 0 Å². The molecule has 1 N–H and O–H groups in total. The van der Waals surface area contributed by atoms with Crippen molar-refractivity contribution in [2.24, 2.45) is 0 Å². The molecule has 0 spiro atoms. The average Bonchev–Trinajstić information content (AvgIpc) is 2.53. The first-order valence-corrected chi connectivity index (χ1v) is 7.30. The minimum absolute atomic E-state index is 0.195. The fourth-order valence-electron chi connectivity index (χ4n) is 2.41. The summed E-state index contributed by atoms with van der Waals surface area (Å²) in [6.07, 6.45) is 0. The van der Waals surface area contributed by atoms with E-state index in [0.717, 1.165) is 12.3 Å². The van der Waals surface area contributed by atoms with Crippen molar-refractivity contribution in [3.05, 3.63) is 59.7 Å². The van der Waals surface area contributed by atoms with E-state index in [0.29, 0.717) is 0 Å². The van der Waals surface area contributed by atoms with Crippen LogP contribution >= 0.6 is 0 Å². The number of nitrogens with one attached hydrogen (secondary N) is 1. The first-order chi connectivity index (χ1) is 10.2. The summed E-state index contributed by atoms with van der Waals surface area (Å²) < 4.78 is 5.24. The second-order valence-corrected chi connectivity index (χ2v) is 5.25. The van der Waals surface area contributed by atoms with Crippen molar-refractivity contribution in [3.8, 4) is 5.75 Å². The SMILES string of the molecule is CCNC(c1ccc(OC)cc1)c1cccc(N(C)C)c1. The first-order valence-electron chi connectivity index (χ1n) is 7.30. The predicted octanol–water partition coefficient (Wildman–Crippen LogP) is 3.46. The molecular formula is C18H24N2O. The Morgan fingerprint density at radius 2 is 1.76 bits per heavy atom. The topological polar surface area (TPSA) is 24.5 Å². The molecule has 0 saturated carbocycles. The number of benzene rings is 2. The lowest BCUT2D eigenvalue weighted by molar-refractivity contribution is 0.414. The van der Waals surface area contributed by atoms with Gasteiger partial charge in [-0.25, -0.2) is 0 Å². The molecule has 0 fully saturated rings. The van der Waals surface area contributed by atoms with Gasteiger partial charge in [0.15, 0.2) is 0 Å². The quantitative estimate of drug-likeness (QED) is 0.879. The fraction of sp³-hybridized carbons (Fsp3) is 0.333. The molecule has 0 aliphatic carbocycles. The molecule has 3 nitrogen and oxygen atoms in total. The summed E-state index contributed by atoms with van der Waals surface area (Å²) >= 11 is 0. The number of rotatable bonds is 6. The minimum Gasteiger partial charge on any atom is -0.497 e. The van der Waals surface area contributed by atoms with Crippen LogP contribution in [0.15, 0.2) is 48.5 Å². The Morgan fingerprint density at radius 3 is 2.33 bits per heavy atom. The summed E-state index contributed by atoms with van der Waals surface area (Å²) in [6.45, 7) is 3.05. The Kier molecular flexibility index (Phi) is 5.23. The van der Waals surface area contributed by atoms with Crippen molar-refractivity contribution < 1.29 is 4.74 Å². The van der Waals surface area contributed by atoms with Gasteiger partial charge in [0.2, 0.25) is 0 Å². The summed E-state index contributed by atoms with van der Waals surface area (Å²) in [7, 11) is 5.82. The molecule has 1 unspecified atom stereocenters. The lowest BCUT2D eigenvalue weighted by Gasteiger charge is -2.21. The zero-order valence-electron chi connectivity index (χ0n) is 13.3. The molecule has 0 saturated heterocycles. The summed E-state index contributed by atoms with van der Waals surface area (Å²) in [4.78, 5) is 2.13. The predicted molar refractivity (Wildman–Crippen MR) is 89.3 cm³/mol. The van der Waals surface area contributed by atoms with Crippen LogP contribution in [0.5, 0.6) is 5.75 Å². The monoisotopic (exact) mass is 284 g/mol. The van der Waals surface area contributed by atoms with E-state index in [1.165, 1.54) is 16.8 Å². The molecule has 0 aromatic heterocycles. The summed E-state index contributed by atoms with van der Waals surface area (Å²) in [6, 6.07) is 17.1. The smallest absolute Gasteiger partial charge is 0.118 e. The second kappa shape index (κ2) is 7.14. The van der Waals surface area contributed by atoms with E-state index in [1.807, 2.05) is 12.1 Å². The molecule has 0 aliphatic rings. The molecule has 112 valence electrons. The zero-order chi connectivity index (χ0) is 15.2. The molecule has 0 heterocycles. The van der Waals surface area contributed by atoms with Crippen LogP contribution in [0, 0.1) is 0 Å². The molecule has 1 atom stereocenters. The molecule has 3 heteroatoms. The van der Waals surface area contributed by atoms with Crippen LogP contribution in [0.3, 0.4) is 0 Å². The van der Waals surface area contributed by atoms with Gasteiger partial charge in [-0.15, -0.1) is 0 Å². The fourth-order valence-corrected chi connectivity index (χ4v) is 2.41. The van der Waals surface area contributed by atoms with E-state index >= 15 is 0 Å². The molecule has 0 amide bonds. The second-order valence-electron chi connectivity index (χ2n) is 5.25. The highest BCUT2D eigenvalue weighted by molar-refractivity contribution is 5.49. The third kappa shape index (κ3) is 3.76. The van der Waals surface area contributed by atoms with Crippen molar-refractivity contribution in [1.82, 2.24) is 5.32 Å². The standard InChI is InChI=1S/C18H24N2O/c1-5-19-18(14-9-11-17(21-4)12-10-14)15-7-6-8-16(13-15)20(2)3/h6-13,18-19H,5H2,1-4H3. The molecule has 0 aliphatic heterocycles. The van der Waals surface area contributed by atoms with Crippen molar-refractivity contribution in [3.63, 3.8) is 0 Å². The summed E-state index contributed by atoms with van der Waals surface area (Å²) in [5.41, 5.74) is 3.73. The van der Waals surface area contributed by atoms with Gasteiger partial charge in [0.25, 0.3) is 0 Å². The summed E-state index contributed by atoms with van der Waals surface area (Å²) in [5, 5.41) is 3.56. The van der Waals surface area contributed by atoms with Crippen LogP contribution < -0.4 is 15.0 Å². The number of hydrogen-bond acceptors (Lipinski definition) is 3. The Labute approximate surface area is 127 Å². The van der Waals surface area contributed by atoms with Crippen molar-refractivity contribution in [2.45, 2.75) is 13.0 Å². The van der Waals surface area contributed by atoms with Gasteiger partial charge in [0.1, 0.15) is 5.75 Å². The van der Waals surface area contributed by atoms with Gasteiger partial charge in [-0.3, -0.25) is 0 Å². The van der Waals surface area contributed by atoms with Crippen LogP contribution in [-0.2, 0) is 0 Å². The zero-order valence-corrected chi connectivity index (χ0v) is 13.3. The van der Waals surface area contributed by atoms with Crippen LogP contribution in [0.1, 0.15) is 24.1 Å². The van der Waals surface area contributed by atoms with Gasteiger partial charge in [-0.2, -0.15) is 0 Å². The highest BCUT2D eigenvalue weighted by Crippen LogP contribution is 2.26. The molecule has 2 rings (SSSR count). The van der Waals surface area contributed by atoms with E-state index in [9.17, 15) is 0 Å². The van der Waals surface area contributed by atoms with Crippen LogP contribution in [-0.4, -0.2) is 27.7 Å². The molecule has 21 heavy (non-hydrogen) atoms. The van der Waals surface area contributed by atoms with E-state index < -0.39 is 0 Å². The van der Waals surface area contributed by atoms with Gasteiger partial charge in [0.05, 0.1) is 13.2 Å². The van der Waals surface area contributed by atoms with E-state index in [4.69, 9.17) is 4.74 Å². The molecule has 0 bridgehead atoms. The Morgan fingerprint density at radius 1 is 1.05 bits per heavy atom. The Hall–Kier alpha value is -2.00. The van der Waals surface area contributed by atoms with E-state index in [2.05, 4.69) is 67.6 Å². The molecule has 2 aromatic carbocycles. The Bertz CT molecular complexity index is 564. The number of methoxy groups -OCH3 is 1. The van der Waals surface area contributed by atoms with Crippen LogP contribution in [0.4, 0.5) is 5.69 Å². The van der Waals surface area contributed by atoms with Gasteiger partial charge >= 0.3 is 0 Å². The largest absolute Gasteiger partial charge is 0.497 e. The third-order valence-electron chi connectivity index (χ3n) is 3.58. The number of ether oxygens (including phenoxy) is 1. The first kappa shape index (κ1) is 15.4. The number of hydrogen-bond donors (Lipinski definition) is 1. The van der Waals surface area contributed by atoms with Gasteiger partial charge in [-0.1, -0.05) is 31.2 Å². The van der Waals surface area contributed by atoms with E-state index in [1.54, 1.807) is 7.11 Å². The normalized spacial score (nSPS) is 12.0.